The minimum atomic E-state index is -0.479. The zero-order valence-electron chi connectivity index (χ0n) is 34.6. The fourth-order valence-electron chi connectivity index (χ4n) is 12.1. The Morgan fingerprint density at radius 2 is 0.969 bits per heavy atom. The first kappa shape index (κ1) is 34.6. The van der Waals surface area contributed by atoms with Gasteiger partial charge in [0, 0.05) is 54.0 Å². The van der Waals surface area contributed by atoms with Crippen LogP contribution in [0.1, 0.15) is 22.3 Å². The van der Waals surface area contributed by atoms with Gasteiger partial charge in [-0.25, -0.2) is 0 Å². The maximum Gasteiger partial charge on any atom is 0.0726 e. The highest BCUT2D eigenvalue weighted by Gasteiger charge is 2.52. The Bertz CT molecular complexity index is 4030. The van der Waals surface area contributed by atoms with Crippen molar-refractivity contribution >= 4 is 86.7 Å². The van der Waals surface area contributed by atoms with Gasteiger partial charge >= 0.3 is 0 Å². The molecule has 2 aliphatic carbocycles. The number of benzene rings is 10. The third kappa shape index (κ3) is 4.25. The van der Waals surface area contributed by atoms with Crippen molar-refractivity contribution in [2.45, 2.75) is 5.41 Å². The van der Waals surface area contributed by atoms with Gasteiger partial charge in [0.25, 0.3) is 0 Å². The maximum absolute atomic E-state index is 2.61. The molecule has 0 amide bonds. The highest BCUT2D eigenvalue weighted by atomic mass is 32.1. The van der Waals surface area contributed by atoms with E-state index in [9.17, 15) is 0 Å². The van der Waals surface area contributed by atoms with Crippen LogP contribution in [0.15, 0.2) is 218 Å². The molecule has 10 aromatic carbocycles. The number of rotatable bonds is 4. The predicted molar refractivity (Wildman–Crippen MR) is 270 cm³/mol. The summed E-state index contributed by atoms with van der Waals surface area (Å²) in [4.78, 5) is 2.44. The van der Waals surface area contributed by atoms with Gasteiger partial charge in [0.1, 0.15) is 0 Å². The number of nitrogens with zero attached hydrogens (tertiary/aromatic N) is 2. The molecule has 0 atom stereocenters. The smallest absolute Gasteiger partial charge is 0.0726 e. The van der Waals surface area contributed by atoms with E-state index in [0.29, 0.717) is 0 Å². The maximum atomic E-state index is 2.61. The number of para-hydroxylation sites is 3. The van der Waals surface area contributed by atoms with Gasteiger partial charge in [0.2, 0.25) is 0 Å². The molecular weight excluding hydrogens is 793 g/mol. The van der Waals surface area contributed by atoms with E-state index < -0.39 is 5.41 Å². The van der Waals surface area contributed by atoms with Gasteiger partial charge in [0.05, 0.1) is 32.4 Å². The average molecular weight is 829 g/mol. The van der Waals surface area contributed by atoms with Crippen molar-refractivity contribution in [2.75, 3.05) is 4.90 Å². The molecule has 3 aromatic heterocycles. The highest BCUT2D eigenvalue weighted by molar-refractivity contribution is 7.26. The summed E-state index contributed by atoms with van der Waals surface area (Å²) in [5, 5.41) is 7.78. The van der Waals surface area contributed by atoms with Crippen LogP contribution >= 0.6 is 11.3 Å². The van der Waals surface area contributed by atoms with Gasteiger partial charge in [0.15, 0.2) is 0 Å². The minimum absolute atomic E-state index is 0.479. The lowest BCUT2D eigenvalue weighted by molar-refractivity contribution is 0.794. The second-order valence-corrected chi connectivity index (χ2v) is 18.5. The SMILES string of the molecule is c1ccc(N(c2ccc(-c3cc4c(c5c3c3cccc6c7ccccc7n5c63)-c3ccccc3C43c4ccccc4-c4ccccc43)cc2)c2cccc3c2sc2ccccc23)cc1. The van der Waals surface area contributed by atoms with E-state index in [1.165, 1.54) is 120 Å². The molecule has 0 N–H and O–H groups in total. The molecule has 296 valence electrons. The minimum Gasteiger partial charge on any atom is -0.309 e. The monoisotopic (exact) mass is 828 g/mol. The Labute approximate surface area is 373 Å². The largest absolute Gasteiger partial charge is 0.309 e. The number of hydrogen-bond acceptors (Lipinski definition) is 2. The van der Waals surface area contributed by atoms with Crippen molar-refractivity contribution in [3.05, 3.63) is 241 Å². The third-order valence-corrected chi connectivity index (χ3v) is 15.7. The van der Waals surface area contributed by atoms with Crippen LogP contribution < -0.4 is 4.90 Å². The summed E-state index contributed by atoms with van der Waals surface area (Å²) in [5.74, 6) is 0. The van der Waals surface area contributed by atoms with Crippen LogP contribution in [0, 0.1) is 0 Å². The van der Waals surface area contributed by atoms with E-state index in [2.05, 4.69) is 228 Å². The van der Waals surface area contributed by atoms with Crippen molar-refractivity contribution in [1.82, 2.24) is 4.40 Å². The third-order valence-electron chi connectivity index (χ3n) is 14.5. The molecule has 0 fully saturated rings. The van der Waals surface area contributed by atoms with Crippen LogP contribution in [0.25, 0.3) is 91.6 Å². The Kier molecular flexibility index (Phi) is 6.79. The van der Waals surface area contributed by atoms with E-state index >= 15 is 0 Å². The molecule has 64 heavy (non-hydrogen) atoms. The first-order valence-corrected chi connectivity index (χ1v) is 23.0. The van der Waals surface area contributed by atoms with Crippen molar-refractivity contribution in [2.24, 2.45) is 0 Å². The topological polar surface area (TPSA) is 7.65 Å². The fourth-order valence-corrected chi connectivity index (χ4v) is 13.3. The molecule has 0 aliphatic heterocycles. The Balaban J connectivity index is 1.04. The molecule has 2 nitrogen and oxygen atoms in total. The van der Waals surface area contributed by atoms with Gasteiger partial charge in [-0.15, -0.1) is 11.3 Å². The van der Waals surface area contributed by atoms with Crippen molar-refractivity contribution < 1.29 is 0 Å². The zero-order valence-corrected chi connectivity index (χ0v) is 35.4. The highest BCUT2D eigenvalue weighted by Crippen LogP contribution is 2.65. The van der Waals surface area contributed by atoms with E-state index in [-0.39, 0.29) is 0 Å². The number of fused-ring (bicyclic) bond motifs is 20. The summed E-state index contributed by atoms with van der Waals surface area (Å²) < 4.78 is 5.20. The molecule has 15 rings (SSSR count). The molecule has 0 saturated heterocycles. The quantitative estimate of drug-likeness (QED) is 0.171. The van der Waals surface area contributed by atoms with Crippen molar-refractivity contribution in [3.63, 3.8) is 0 Å². The average Bonchev–Trinajstić information content (AvgIpc) is 4.15. The summed E-state index contributed by atoms with van der Waals surface area (Å²) in [6, 6.07) is 81.8. The van der Waals surface area contributed by atoms with Crippen LogP contribution in [-0.4, -0.2) is 4.40 Å². The van der Waals surface area contributed by atoms with Gasteiger partial charge < -0.3 is 9.30 Å². The van der Waals surface area contributed by atoms with E-state index in [4.69, 9.17) is 0 Å². The van der Waals surface area contributed by atoms with Crippen molar-refractivity contribution in [1.29, 1.82) is 0 Å². The second-order valence-electron chi connectivity index (χ2n) is 17.5. The Hall–Kier alpha value is -7.98. The molecule has 13 aromatic rings. The zero-order chi connectivity index (χ0) is 41.7. The first-order valence-electron chi connectivity index (χ1n) is 22.2. The molecule has 0 radical (unpaired) electrons. The van der Waals surface area contributed by atoms with Crippen LogP contribution in [-0.2, 0) is 5.41 Å². The molecule has 0 bridgehead atoms. The first-order chi connectivity index (χ1) is 31.8. The van der Waals surface area contributed by atoms with Crippen LogP contribution in [0.2, 0.25) is 0 Å². The van der Waals surface area contributed by atoms with E-state index in [1.807, 2.05) is 11.3 Å². The molecule has 3 heterocycles. The predicted octanol–water partition coefficient (Wildman–Crippen LogP) is 16.7. The van der Waals surface area contributed by atoms with Gasteiger partial charge in [-0.3, -0.25) is 0 Å². The number of aromatic nitrogens is 1. The number of thiophene rings is 1. The van der Waals surface area contributed by atoms with Crippen LogP contribution in [0.4, 0.5) is 17.1 Å². The Morgan fingerprint density at radius 3 is 1.75 bits per heavy atom. The van der Waals surface area contributed by atoms with E-state index in [1.54, 1.807) is 0 Å². The molecule has 2 aliphatic rings. The lowest BCUT2D eigenvalue weighted by Crippen LogP contribution is -2.25. The van der Waals surface area contributed by atoms with Gasteiger partial charge in [-0.2, -0.15) is 0 Å². The second kappa shape index (κ2) is 12.6. The standard InChI is InChI=1S/C61H36N2S/c1-2-16-38(17-3-1)62(54-30-15-24-45-43-21-8-13-31-55(43)64-60(45)54)39-34-32-37(33-35-39)48-36-52-57(59-56(48)47-25-14-23-44-42-20-7-12-29-53(42)63(59)58(44)47)46-22-6-11-28-51(46)61(52)49-26-9-4-18-40(49)41-19-5-10-27-50(41)61/h1-36H. The fraction of sp³-hybridized carbons (Fsp3) is 0.0164. The summed E-state index contributed by atoms with van der Waals surface area (Å²) in [6.45, 7) is 0. The van der Waals surface area contributed by atoms with Gasteiger partial charge in [-0.1, -0.05) is 170 Å². The molecule has 0 unspecified atom stereocenters. The molecule has 1 spiro atoms. The molecule has 0 saturated carbocycles. The summed E-state index contributed by atoms with van der Waals surface area (Å²) >= 11 is 1.87. The lowest BCUT2D eigenvalue weighted by atomic mass is 9.70. The summed E-state index contributed by atoms with van der Waals surface area (Å²) in [5.41, 5.74) is 20.0. The normalized spacial score (nSPS) is 13.4. The van der Waals surface area contributed by atoms with E-state index in [0.717, 1.165) is 11.4 Å². The van der Waals surface area contributed by atoms with Crippen molar-refractivity contribution in [3.8, 4) is 33.4 Å². The summed E-state index contributed by atoms with van der Waals surface area (Å²) in [7, 11) is 0. The Morgan fingerprint density at radius 1 is 0.391 bits per heavy atom. The van der Waals surface area contributed by atoms with Crippen LogP contribution in [0.3, 0.4) is 0 Å². The number of hydrogen-bond donors (Lipinski definition) is 0. The number of anilines is 3. The van der Waals surface area contributed by atoms with Crippen LogP contribution in [0.5, 0.6) is 0 Å². The van der Waals surface area contributed by atoms with Gasteiger partial charge in [-0.05, 0) is 98.6 Å². The molecular formula is C61H36N2S. The summed E-state index contributed by atoms with van der Waals surface area (Å²) in [6.07, 6.45) is 0. The lowest BCUT2D eigenvalue weighted by Gasteiger charge is -2.31. The molecule has 3 heteroatoms.